The molecule has 1 fully saturated rings. The fourth-order valence-electron chi connectivity index (χ4n) is 2.09. The van der Waals surface area contributed by atoms with Crippen LogP contribution in [0.3, 0.4) is 0 Å². The van der Waals surface area contributed by atoms with Crippen LogP contribution in [0.5, 0.6) is 0 Å². The SMILES string of the molecule is CN(c1cc(/C(N)=N/O)ccn1)C1CCOCC1. The van der Waals surface area contributed by atoms with Crippen molar-refractivity contribution in [1.82, 2.24) is 4.98 Å². The number of ether oxygens (including phenoxy) is 1. The molecule has 0 spiro atoms. The predicted octanol–water partition coefficient (Wildman–Crippen LogP) is 0.791. The second-order valence-corrected chi connectivity index (χ2v) is 4.34. The number of hydrogen-bond acceptors (Lipinski definition) is 5. The molecule has 0 aliphatic carbocycles. The number of rotatable bonds is 3. The summed E-state index contributed by atoms with van der Waals surface area (Å²) in [5, 5.41) is 11.7. The molecule has 0 radical (unpaired) electrons. The molecule has 98 valence electrons. The highest BCUT2D eigenvalue weighted by atomic mass is 16.5. The van der Waals surface area contributed by atoms with Crippen molar-refractivity contribution in [2.45, 2.75) is 18.9 Å². The topological polar surface area (TPSA) is 84.0 Å². The van der Waals surface area contributed by atoms with Gasteiger partial charge < -0.3 is 20.6 Å². The molecule has 6 nitrogen and oxygen atoms in total. The molecule has 1 saturated heterocycles. The van der Waals surface area contributed by atoms with Crippen LogP contribution in [0.15, 0.2) is 23.5 Å². The van der Waals surface area contributed by atoms with E-state index >= 15 is 0 Å². The Morgan fingerprint density at radius 2 is 2.28 bits per heavy atom. The number of nitrogens with two attached hydrogens (primary N) is 1. The Morgan fingerprint density at radius 3 is 2.94 bits per heavy atom. The molecule has 1 aliphatic rings. The fourth-order valence-corrected chi connectivity index (χ4v) is 2.09. The summed E-state index contributed by atoms with van der Waals surface area (Å²) in [6.07, 6.45) is 3.65. The average molecular weight is 250 g/mol. The van der Waals surface area contributed by atoms with E-state index in [1.165, 1.54) is 0 Å². The quantitative estimate of drug-likeness (QED) is 0.358. The Bertz CT molecular complexity index is 430. The third kappa shape index (κ3) is 2.70. The largest absolute Gasteiger partial charge is 0.409 e. The lowest BCUT2D eigenvalue weighted by Crippen LogP contribution is -2.37. The highest BCUT2D eigenvalue weighted by Crippen LogP contribution is 2.19. The van der Waals surface area contributed by atoms with Crippen molar-refractivity contribution in [1.29, 1.82) is 0 Å². The molecule has 0 atom stereocenters. The van der Waals surface area contributed by atoms with Crippen molar-refractivity contribution in [2.24, 2.45) is 10.9 Å². The molecule has 18 heavy (non-hydrogen) atoms. The Kier molecular flexibility index (Phi) is 3.99. The van der Waals surface area contributed by atoms with Gasteiger partial charge in [-0.3, -0.25) is 0 Å². The zero-order chi connectivity index (χ0) is 13.0. The minimum atomic E-state index is 0.0963. The van der Waals surface area contributed by atoms with Crippen LogP contribution in [-0.4, -0.2) is 42.3 Å². The molecular weight excluding hydrogens is 232 g/mol. The zero-order valence-electron chi connectivity index (χ0n) is 10.4. The van der Waals surface area contributed by atoms with Gasteiger partial charge in [-0.2, -0.15) is 0 Å². The second kappa shape index (κ2) is 5.68. The number of aromatic nitrogens is 1. The molecule has 1 aromatic rings. The maximum absolute atomic E-state index is 8.68. The lowest BCUT2D eigenvalue weighted by atomic mass is 10.1. The van der Waals surface area contributed by atoms with Crippen molar-refractivity contribution in [3.63, 3.8) is 0 Å². The molecule has 0 saturated carbocycles. The van der Waals surface area contributed by atoms with Crippen LogP contribution >= 0.6 is 0 Å². The number of oxime groups is 1. The minimum Gasteiger partial charge on any atom is -0.409 e. The van der Waals surface area contributed by atoms with Crippen molar-refractivity contribution in [3.05, 3.63) is 23.9 Å². The smallest absolute Gasteiger partial charge is 0.170 e. The van der Waals surface area contributed by atoms with Gasteiger partial charge >= 0.3 is 0 Å². The number of hydrogen-bond donors (Lipinski definition) is 2. The first-order valence-corrected chi connectivity index (χ1v) is 5.97. The molecule has 2 heterocycles. The average Bonchev–Trinajstić information content (AvgIpc) is 2.46. The van der Waals surface area contributed by atoms with Gasteiger partial charge in [0.15, 0.2) is 5.84 Å². The summed E-state index contributed by atoms with van der Waals surface area (Å²) in [5.74, 6) is 0.921. The first kappa shape index (κ1) is 12.6. The molecular formula is C12H18N4O2. The van der Waals surface area contributed by atoms with Crippen LogP contribution < -0.4 is 10.6 Å². The first-order valence-electron chi connectivity index (χ1n) is 5.97. The van der Waals surface area contributed by atoms with Crippen LogP contribution in [0.4, 0.5) is 5.82 Å². The Labute approximate surface area is 106 Å². The van der Waals surface area contributed by atoms with E-state index in [2.05, 4.69) is 15.0 Å². The Morgan fingerprint density at radius 1 is 1.56 bits per heavy atom. The van der Waals surface area contributed by atoms with Crippen LogP contribution in [0, 0.1) is 0 Å². The Hall–Kier alpha value is -1.82. The van der Waals surface area contributed by atoms with Gasteiger partial charge in [0.1, 0.15) is 5.82 Å². The summed E-state index contributed by atoms with van der Waals surface area (Å²) >= 11 is 0. The molecule has 0 aromatic carbocycles. The van der Waals surface area contributed by atoms with Gasteiger partial charge in [-0.15, -0.1) is 0 Å². The molecule has 3 N–H and O–H groups in total. The highest BCUT2D eigenvalue weighted by molar-refractivity contribution is 5.97. The molecule has 0 amide bonds. The maximum Gasteiger partial charge on any atom is 0.170 e. The lowest BCUT2D eigenvalue weighted by molar-refractivity contribution is 0.0853. The van der Waals surface area contributed by atoms with Crippen molar-refractivity contribution >= 4 is 11.7 Å². The molecule has 0 unspecified atom stereocenters. The van der Waals surface area contributed by atoms with Crippen molar-refractivity contribution in [3.8, 4) is 0 Å². The third-order valence-corrected chi connectivity index (χ3v) is 3.25. The number of nitrogens with zero attached hydrogens (tertiary/aromatic N) is 3. The monoisotopic (exact) mass is 250 g/mol. The maximum atomic E-state index is 8.68. The summed E-state index contributed by atoms with van der Waals surface area (Å²) in [4.78, 5) is 6.45. The van der Waals surface area contributed by atoms with E-state index in [0.717, 1.165) is 31.9 Å². The molecule has 1 aliphatic heterocycles. The van der Waals surface area contributed by atoms with E-state index in [9.17, 15) is 0 Å². The fraction of sp³-hybridized carbons (Fsp3) is 0.500. The first-order chi connectivity index (χ1) is 8.72. The molecule has 2 rings (SSSR count). The summed E-state index contributed by atoms with van der Waals surface area (Å²) < 4.78 is 5.35. The van der Waals surface area contributed by atoms with Crippen LogP contribution in [-0.2, 0) is 4.74 Å². The lowest BCUT2D eigenvalue weighted by Gasteiger charge is -2.32. The number of anilines is 1. The van der Waals surface area contributed by atoms with Crippen LogP contribution in [0.25, 0.3) is 0 Å². The van der Waals surface area contributed by atoms with E-state index in [1.807, 2.05) is 13.1 Å². The van der Waals surface area contributed by atoms with E-state index in [4.69, 9.17) is 15.7 Å². The van der Waals surface area contributed by atoms with Gasteiger partial charge in [-0.25, -0.2) is 4.98 Å². The minimum absolute atomic E-state index is 0.0963. The highest BCUT2D eigenvalue weighted by Gasteiger charge is 2.19. The summed E-state index contributed by atoms with van der Waals surface area (Å²) in [6, 6.07) is 3.97. The Balaban J connectivity index is 2.16. The molecule has 0 bridgehead atoms. The summed E-state index contributed by atoms with van der Waals surface area (Å²) in [6.45, 7) is 1.57. The van der Waals surface area contributed by atoms with E-state index in [0.29, 0.717) is 11.6 Å². The van der Waals surface area contributed by atoms with E-state index in [1.54, 1.807) is 12.3 Å². The van der Waals surface area contributed by atoms with E-state index < -0.39 is 0 Å². The van der Waals surface area contributed by atoms with Crippen molar-refractivity contribution < 1.29 is 9.94 Å². The standard InChI is InChI=1S/C12H18N4O2/c1-16(10-3-6-18-7-4-10)11-8-9(2-5-14-11)12(13)15-17/h2,5,8,10,17H,3-4,6-7H2,1H3,(H2,13,15). The van der Waals surface area contributed by atoms with Gasteiger partial charge in [0.2, 0.25) is 0 Å². The van der Waals surface area contributed by atoms with Gasteiger partial charge in [-0.05, 0) is 25.0 Å². The predicted molar refractivity (Wildman–Crippen MR) is 69.0 cm³/mol. The van der Waals surface area contributed by atoms with Gasteiger partial charge in [-0.1, -0.05) is 5.16 Å². The summed E-state index contributed by atoms with van der Waals surface area (Å²) in [5.41, 5.74) is 6.24. The van der Waals surface area contributed by atoms with Gasteiger partial charge in [0, 0.05) is 38.1 Å². The normalized spacial score (nSPS) is 17.7. The zero-order valence-corrected chi connectivity index (χ0v) is 10.4. The van der Waals surface area contributed by atoms with Crippen molar-refractivity contribution in [2.75, 3.05) is 25.2 Å². The summed E-state index contributed by atoms with van der Waals surface area (Å²) in [7, 11) is 2.01. The molecule has 6 heteroatoms. The van der Waals surface area contributed by atoms with Gasteiger partial charge in [0.05, 0.1) is 0 Å². The number of amidine groups is 1. The van der Waals surface area contributed by atoms with Crippen LogP contribution in [0.2, 0.25) is 0 Å². The van der Waals surface area contributed by atoms with Crippen LogP contribution in [0.1, 0.15) is 18.4 Å². The third-order valence-electron chi connectivity index (χ3n) is 3.25. The van der Waals surface area contributed by atoms with E-state index in [-0.39, 0.29) is 5.84 Å². The van der Waals surface area contributed by atoms with Gasteiger partial charge in [0.25, 0.3) is 0 Å². The molecule has 1 aromatic heterocycles. The second-order valence-electron chi connectivity index (χ2n) is 4.34. The number of pyridine rings is 1.